The van der Waals surface area contributed by atoms with E-state index >= 15 is 0 Å². The number of carbonyl (C=O) groups excluding carboxylic acids is 3. The Bertz CT molecular complexity index is 612. The summed E-state index contributed by atoms with van der Waals surface area (Å²) in [6.07, 6.45) is 2.98. The van der Waals surface area contributed by atoms with Crippen LogP contribution < -0.4 is 10.6 Å². The summed E-state index contributed by atoms with van der Waals surface area (Å²) in [4.78, 5) is 38.6. The van der Waals surface area contributed by atoms with Crippen LogP contribution in [0.2, 0.25) is 0 Å². The molecule has 1 aromatic rings. The van der Waals surface area contributed by atoms with Crippen LogP contribution in [0.15, 0.2) is 29.2 Å². The second kappa shape index (κ2) is 7.04. The van der Waals surface area contributed by atoms with Gasteiger partial charge in [0.1, 0.15) is 12.1 Å². The van der Waals surface area contributed by atoms with Gasteiger partial charge in [-0.2, -0.15) is 0 Å². The SMILES string of the molecule is CCC1(CC)NC(=O)N(CC(=O)Nc2ccc(SC)cc2)C1=O. The van der Waals surface area contributed by atoms with Crippen molar-refractivity contribution in [3.63, 3.8) is 0 Å². The van der Waals surface area contributed by atoms with E-state index in [4.69, 9.17) is 0 Å². The molecular formula is C16H21N3O3S. The van der Waals surface area contributed by atoms with Crippen LogP contribution in [0.3, 0.4) is 0 Å². The lowest BCUT2D eigenvalue weighted by Gasteiger charge is -2.23. The molecule has 0 aromatic heterocycles. The second-order valence-corrected chi connectivity index (χ2v) is 6.27. The number of rotatable bonds is 6. The van der Waals surface area contributed by atoms with E-state index < -0.39 is 17.5 Å². The number of imide groups is 1. The van der Waals surface area contributed by atoms with Crippen molar-refractivity contribution in [1.82, 2.24) is 10.2 Å². The largest absolute Gasteiger partial charge is 0.325 e. The van der Waals surface area contributed by atoms with Crippen molar-refractivity contribution in [3.8, 4) is 0 Å². The van der Waals surface area contributed by atoms with Gasteiger partial charge in [-0.25, -0.2) is 4.79 Å². The van der Waals surface area contributed by atoms with Crippen LogP contribution in [0.5, 0.6) is 0 Å². The maximum atomic E-state index is 12.4. The molecular weight excluding hydrogens is 314 g/mol. The Kier molecular flexibility index (Phi) is 5.30. The number of benzene rings is 1. The summed E-state index contributed by atoms with van der Waals surface area (Å²) in [7, 11) is 0. The molecule has 2 N–H and O–H groups in total. The van der Waals surface area contributed by atoms with Gasteiger partial charge in [0.15, 0.2) is 0 Å². The van der Waals surface area contributed by atoms with E-state index in [0.717, 1.165) is 9.80 Å². The first kappa shape index (κ1) is 17.3. The molecule has 0 bridgehead atoms. The highest BCUT2D eigenvalue weighted by atomic mass is 32.2. The molecule has 1 saturated heterocycles. The molecule has 0 unspecified atom stereocenters. The lowest BCUT2D eigenvalue weighted by molar-refractivity contribution is -0.134. The topological polar surface area (TPSA) is 78.5 Å². The first-order valence-electron chi connectivity index (χ1n) is 7.53. The predicted octanol–water partition coefficient (Wildman–Crippen LogP) is 2.46. The second-order valence-electron chi connectivity index (χ2n) is 5.39. The van der Waals surface area contributed by atoms with E-state index in [9.17, 15) is 14.4 Å². The summed E-state index contributed by atoms with van der Waals surface area (Å²) in [5, 5.41) is 5.41. The Morgan fingerprint density at radius 1 is 1.22 bits per heavy atom. The fraction of sp³-hybridized carbons (Fsp3) is 0.438. The van der Waals surface area contributed by atoms with Gasteiger partial charge in [0, 0.05) is 10.6 Å². The van der Waals surface area contributed by atoms with Crippen LogP contribution in [-0.4, -0.2) is 41.1 Å². The van der Waals surface area contributed by atoms with Crippen molar-refractivity contribution < 1.29 is 14.4 Å². The van der Waals surface area contributed by atoms with E-state index in [1.54, 1.807) is 23.9 Å². The van der Waals surface area contributed by atoms with E-state index in [2.05, 4.69) is 10.6 Å². The first-order valence-corrected chi connectivity index (χ1v) is 8.76. The van der Waals surface area contributed by atoms with Gasteiger partial charge in [-0.15, -0.1) is 11.8 Å². The summed E-state index contributed by atoms with van der Waals surface area (Å²) < 4.78 is 0. The molecule has 124 valence electrons. The third kappa shape index (κ3) is 3.50. The minimum absolute atomic E-state index is 0.281. The molecule has 1 aliphatic heterocycles. The number of hydrogen-bond donors (Lipinski definition) is 2. The van der Waals surface area contributed by atoms with Gasteiger partial charge in [-0.3, -0.25) is 14.5 Å². The summed E-state index contributed by atoms with van der Waals surface area (Å²) in [5.74, 6) is -0.728. The molecule has 7 heteroatoms. The Balaban J connectivity index is 2.02. The average Bonchev–Trinajstić information content (AvgIpc) is 2.80. The van der Waals surface area contributed by atoms with Crippen molar-refractivity contribution in [2.45, 2.75) is 37.1 Å². The highest BCUT2D eigenvalue weighted by Gasteiger charge is 2.49. The van der Waals surface area contributed by atoms with E-state index in [-0.39, 0.29) is 12.5 Å². The van der Waals surface area contributed by atoms with Crippen LogP contribution in [0.25, 0.3) is 0 Å². The molecule has 4 amide bonds. The molecule has 0 radical (unpaired) electrons. The van der Waals surface area contributed by atoms with Gasteiger partial charge in [-0.1, -0.05) is 13.8 Å². The molecule has 0 aliphatic carbocycles. The van der Waals surface area contributed by atoms with Gasteiger partial charge >= 0.3 is 6.03 Å². The van der Waals surface area contributed by atoms with Crippen LogP contribution in [0.4, 0.5) is 10.5 Å². The monoisotopic (exact) mass is 335 g/mol. The molecule has 1 aromatic carbocycles. The van der Waals surface area contributed by atoms with Gasteiger partial charge in [0.2, 0.25) is 5.91 Å². The summed E-state index contributed by atoms with van der Waals surface area (Å²) >= 11 is 1.61. The number of thioether (sulfide) groups is 1. The molecule has 0 spiro atoms. The summed E-state index contributed by atoms with van der Waals surface area (Å²) in [6.45, 7) is 3.41. The molecule has 23 heavy (non-hydrogen) atoms. The first-order chi connectivity index (χ1) is 11.0. The Labute approximate surface area is 140 Å². The molecule has 0 atom stereocenters. The van der Waals surface area contributed by atoms with Gasteiger partial charge in [0.05, 0.1) is 0 Å². The van der Waals surface area contributed by atoms with Crippen molar-refractivity contribution in [2.24, 2.45) is 0 Å². The molecule has 1 fully saturated rings. The normalized spacial score (nSPS) is 16.4. The van der Waals surface area contributed by atoms with Crippen molar-refractivity contribution in [2.75, 3.05) is 18.1 Å². The van der Waals surface area contributed by atoms with E-state index in [1.165, 1.54) is 0 Å². The Morgan fingerprint density at radius 2 is 1.83 bits per heavy atom. The highest BCUT2D eigenvalue weighted by Crippen LogP contribution is 2.24. The number of nitrogens with zero attached hydrogens (tertiary/aromatic N) is 1. The molecule has 6 nitrogen and oxygen atoms in total. The third-order valence-electron chi connectivity index (χ3n) is 4.13. The summed E-state index contributed by atoms with van der Waals surface area (Å²) in [5.41, 5.74) is -0.241. The molecule has 1 aliphatic rings. The van der Waals surface area contributed by atoms with Crippen molar-refractivity contribution in [3.05, 3.63) is 24.3 Å². The lowest BCUT2D eigenvalue weighted by atomic mass is 9.93. The van der Waals surface area contributed by atoms with Gasteiger partial charge in [-0.05, 0) is 43.4 Å². The van der Waals surface area contributed by atoms with E-state index in [1.807, 2.05) is 32.2 Å². The average molecular weight is 335 g/mol. The van der Waals surface area contributed by atoms with Crippen LogP contribution in [-0.2, 0) is 9.59 Å². The standard InChI is InChI=1S/C16H21N3O3S/c1-4-16(5-2)14(21)19(15(22)18-16)10-13(20)17-11-6-8-12(23-3)9-7-11/h6-9H,4-5,10H2,1-3H3,(H,17,20)(H,18,22). The maximum Gasteiger partial charge on any atom is 0.325 e. The number of anilines is 1. The number of carbonyl (C=O) groups is 3. The van der Waals surface area contributed by atoms with Crippen LogP contribution in [0, 0.1) is 0 Å². The van der Waals surface area contributed by atoms with E-state index in [0.29, 0.717) is 18.5 Å². The fourth-order valence-corrected chi connectivity index (χ4v) is 2.98. The molecule has 2 rings (SSSR count). The van der Waals surface area contributed by atoms with Gasteiger partial charge in [0.25, 0.3) is 5.91 Å². The minimum Gasteiger partial charge on any atom is -0.325 e. The molecule has 0 saturated carbocycles. The molecule has 1 heterocycles. The summed E-state index contributed by atoms with van der Waals surface area (Å²) in [6, 6.07) is 6.86. The maximum absolute atomic E-state index is 12.4. The number of urea groups is 1. The quantitative estimate of drug-likeness (QED) is 0.618. The fourth-order valence-electron chi connectivity index (χ4n) is 2.57. The smallest absolute Gasteiger partial charge is 0.325 e. The zero-order valence-corrected chi connectivity index (χ0v) is 14.3. The van der Waals surface area contributed by atoms with Crippen LogP contribution in [0.1, 0.15) is 26.7 Å². The van der Waals surface area contributed by atoms with Gasteiger partial charge < -0.3 is 10.6 Å². The highest BCUT2D eigenvalue weighted by molar-refractivity contribution is 7.98. The number of hydrogen-bond acceptors (Lipinski definition) is 4. The lowest BCUT2D eigenvalue weighted by Crippen LogP contribution is -2.46. The van der Waals surface area contributed by atoms with Crippen LogP contribution >= 0.6 is 11.8 Å². The van der Waals surface area contributed by atoms with Crippen molar-refractivity contribution >= 4 is 35.3 Å². The Hall–Kier alpha value is -2.02. The van der Waals surface area contributed by atoms with Crippen molar-refractivity contribution in [1.29, 1.82) is 0 Å². The minimum atomic E-state index is -0.878. The zero-order valence-electron chi connectivity index (χ0n) is 13.5. The zero-order chi connectivity index (χ0) is 17.0. The number of amides is 4. The predicted molar refractivity (Wildman–Crippen MR) is 90.4 cm³/mol. The Morgan fingerprint density at radius 3 is 2.30 bits per heavy atom. The third-order valence-corrected chi connectivity index (χ3v) is 4.87. The number of nitrogens with one attached hydrogen (secondary N) is 2.